The van der Waals surface area contributed by atoms with Crippen LogP contribution < -0.4 is 5.32 Å². The van der Waals surface area contributed by atoms with Crippen LogP contribution in [-0.2, 0) is 4.79 Å². The first-order valence-electron chi connectivity index (χ1n) is 4.14. The maximum absolute atomic E-state index is 10.8. The topological polar surface area (TPSA) is 82.0 Å². The molecule has 2 rings (SSSR count). The molecule has 1 fully saturated rings. The summed E-state index contributed by atoms with van der Waals surface area (Å²) in [4.78, 5) is 26.8. The zero-order valence-corrected chi connectivity index (χ0v) is 8.08. The molecule has 0 unspecified atom stereocenters. The largest absolute Gasteiger partial charge is 0.465 e. The van der Waals surface area contributed by atoms with Gasteiger partial charge in [-0.1, -0.05) is 11.8 Å². The fourth-order valence-electron chi connectivity index (χ4n) is 1.36. The number of nitrogens with zero attached hydrogens (tertiary/aromatic N) is 2. The number of carbonyl (C=O) groups excluding carboxylic acids is 1. The van der Waals surface area contributed by atoms with Gasteiger partial charge in [-0.25, -0.2) is 4.79 Å². The second kappa shape index (κ2) is 3.49. The van der Waals surface area contributed by atoms with Crippen LogP contribution in [0.5, 0.6) is 0 Å². The quantitative estimate of drug-likeness (QED) is 0.620. The molecule has 0 radical (unpaired) electrons. The van der Waals surface area contributed by atoms with Gasteiger partial charge in [0.2, 0.25) is 0 Å². The lowest BCUT2D eigenvalue weighted by atomic mass is 10.1. The van der Waals surface area contributed by atoms with Crippen molar-refractivity contribution in [1.82, 2.24) is 10.2 Å². The Balaban J connectivity index is 1.80. The Morgan fingerprint density at radius 3 is 2.86 bits per heavy atom. The number of amides is 2. The van der Waals surface area contributed by atoms with Crippen LogP contribution in [0.4, 0.5) is 4.79 Å². The lowest BCUT2D eigenvalue weighted by Gasteiger charge is -2.39. The van der Waals surface area contributed by atoms with Crippen LogP contribution in [-0.4, -0.2) is 52.1 Å². The molecule has 6 nitrogen and oxygen atoms in total. The zero-order chi connectivity index (χ0) is 10.1. The van der Waals surface area contributed by atoms with E-state index in [-0.39, 0.29) is 11.9 Å². The highest BCUT2D eigenvalue weighted by molar-refractivity contribution is 8.14. The molecule has 0 atom stereocenters. The molecule has 14 heavy (non-hydrogen) atoms. The van der Waals surface area contributed by atoms with Crippen LogP contribution in [0.3, 0.4) is 0 Å². The van der Waals surface area contributed by atoms with Crippen LogP contribution >= 0.6 is 11.8 Å². The van der Waals surface area contributed by atoms with E-state index in [0.717, 1.165) is 5.17 Å². The molecular weight excluding hydrogens is 206 g/mol. The summed E-state index contributed by atoms with van der Waals surface area (Å²) in [6.45, 7) is 1.21. The number of hydrogen-bond acceptors (Lipinski definition) is 4. The molecule has 0 bridgehead atoms. The van der Waals surface area contributed by atoms with Gasteiger partial charge in [0, 0.05) is 13.1 Å². The first kappa shape index (κ1) is 9.32. The maximum atomic E-state index is 10.8. The van der Waals surface area contributed by atoms with Crippen molar-refractivity contribution in [2.75, 3.05) is 18.8 Å². The van der Waals surface area contributed by atoms with E-state index in [1.54, 1.807) is 0 Å². The molecule has 7 heteroatoms. The number of carboxylic acid groups (broad SMARTS) is 1. The summed E-state index contributed by atoms with van der Waals surface area (Å²) >= 11 is 1.41. The van der Waals surface area contributed by atoms with E-state index in [0.29, 0.717) is 18.8 Å². The molecule has 0 spiro atoms. The number of hydrogen-bond donors (Lipinski definition) is 2. The van der Waals surface area contributed by atoms with Crippen LogP contribution in [0.2, 0.25) is 0 Å². The van der Waals surface area contributed by atoms with Crippen molar-refractivity contribution in [3.8, 4) is 0 Å². The number of likely N-dealkylation sites (tertiary alicyclic amines) is 1. The number of aliphatic imine (C=N–C) groups is 1. The van der Waals surface area contributed by atoms with E-state index in [4.69, 9.17) is 5.11 Å². The van der Waals surface area contributed by atoms with Gasteiger partial charge in [0.25, 0.3) is 5.91 Å². The number of thioether (sulfide) groups is 1. The minimum atomic E-state index is -1.01. The summed E-state index contributed by atoms with van der Waals surface area (Å²) in [5.74, 6) is 0.294. The molecule has 0 aromatic heterocycles. The minimum Gasteiger partial charge on any atom is -0.465 e. The summed E-state index contributed by atoms with van der Waals surface area (Å²) in [6, 6.07) is -0.0356. The Morgan fingerprint density at radius 1 is 1.64 bits per heavy atom. The average molecular weight is 215 g/mol. The zero-order valence-electron chi connectivity index (χ0n) is 7.27. The highest BCUT2D eigenvalue weighted by atomic mass is 32.2. The monoisotopic (exact) mass is 215 g/mol. The summed E-state index contributed by atoms with van der Waals surface area (Å²) in [6.07, 6.45) is -1.01. The van der Waals surface area contributed by atoms with Gasteiger partial charge in [0.05, 0.1) is 11.8 Å². The molecule has 0 aromatic rings. The Labute approximate surface area is 84.4 Å². The van der Waals surface area contributed by atoms with Crippen molar-refractivity contribution in [1.29, 1.82) is 0 Å². The Bertz CT molecular complexity index is 311. The summed E-state index contributed by atoms with van der Waals surface area (Å²) in [5, 5.41) is 11.5. The summed E-state index contributed by atoms with van der Waals surface area (Å²) in [7, 11) is 0. The third kappa shape index (κ3) is 1.82. The van der Waals surface area contributed by atoms with E-state index >= 15 is 0 Å². The second-order valence-corrected chi connectivity index (χ2v) is 4.07. The molecule has 2 aliphatic heterocycles. The van der Waals surface area contributed by atoms with E-state index < -0.39 is 6.09 Å². The van der Waals surface area contributed by atoms with Crippen LogP contribution in [0.25, 0.3) is 0 Å². The van der Waals surface area contributed by atoms with Gasteiger partial charge in [0.15, 0.2) is 5.17 Å². The van der Waals surface area contributed by atoms with Crippen LogP contribution in [0.15, 0.2) is 4.99 Å². The van der Waals surface area contributed by atoms with Gasteiger partial charge in [-0.3, -0.25) is 4.79 Å². The van der Waals surface area contributed by atoms with Gasteiger partial charge >= 0.3 is 6.09 Å². The van der Waals surface area contributed by atoms with Crippen molar-refractivity contribution in [2.45, 2.75) is 6.04 Å². The molecule has 0 saturated carbocycles. The molecular formula is C7H9N3O3S. The first-order chi connectivity index (χ1) is 6.65. The Kier molecular flexibility index (Phi) is 2.32. The van der Waals surface area contributed by atoms with Crippen molar-refractivity contribution in [2.24, 2.45) is 4.99 Å². The fraction of sp³-hybridized carbons (Fsp3) is 0.571. The van der Waals surface area contributed by atoms with E-state index in [2.05, 4.69) is 10.3 Å². The van der Waals surface area contributed by atoms with Gasteiger partial charge < -0.3 is 15.3 Å². The lowest BCUT2D eigenvalue weighted by Crippen LogP contribution is -2.60. The van der Waals surface area contributed by atoms with Crippen LogP contribution in [0.1, 0.15) is 0 Å². The number of nitrogens with one attached hydrogen (secondary N) is 1. The molecule has 0 aromatic carbocycles. The molecule has 1 saturated heterocycles. The fourth-order valence-corrected chi connectivity index (χ4v) is 2.18. The SMILES string of the molecule is O=C1CSC(N2CC(NC(=O)O)C2)=N1. The molecule has 2 aliphatic rings. The van der Waals surface area contributed by atoms with Gasteiger partial charge in [-0.15, -0.1) is 0 Å². The van der Waals surface area contributed by atoms with Gasteiger partial charge in [-0.2, -0.15) is 4.99 Å². The normalized spacial score (nSPS) is 21.9. The maximum Gasteiger partial charge on any atom is 0.405 e. The third-order valence-electron chi connectivity index (χ3n) is 2.02. The molecule has 2 N–H and O–H groups in total. The second-order valence-electron chi connectivity index (χ2n) is 3.13. The number of rotatable bonds is 1. The van der Waals surface area contributed by atoms with E-state index in [1.807, 2.05) is 4.90 Å². The Morgan fingerprint density at radius 2 is 2.36 bits per heavy atom. The standard InChI is InChI=1S/C7H9N3O3S/c11-5-3-14-6(9-5)10-1-4(2-10)8-7(12)13/h4,8H,1-3H2,(H,12,13). The van der Waals surface area contributed by atoms with E-state index in [1.165, 1.54) is 11.8 Å². The molecule has 76 valence electrons. The molecule has 2 heterocycles. The van der Waals surface area contributed by atoms with E-state index in [9.17, 15) is 9.59 Å². The Hall–Kier alpha value is -1.24. The average Bonchev–Trinajstić information content (AvgIpc) is 2.42. The summed E-state index contributed by atoms with van der Waals surface area (Å²) in [5.41, 5.74) is 0. The lowest BCUT2D eigenvalue weighted by molar-refractivity contribution is -0.115. The van der Waals surface area contributed by atoms with Gasteiger partial charge in [0.1, 0.15) is 0 Å². The van der Waals surface area contributed by atoms with Crippen molar-refractivity contribution < 1.29 is 14.7 Å². The third-order valence-corrected chi connectivity index (χ3v) is 3.02. The smallest absolute Gasteiger partial charge is 0.405 e. The van der Waals surface area contributed by atoms with Crippen molar-refractivity contribution in [3.63, 3.8) is 0 Å². The number of carbonyl (C=O) groups is 2. The predicted molar refractivity (Wildman–Crippen MR) is 51.4 cm³/mol. The van der Waals surface area contributed by atoms with Crippen molar-refractivity contribution in [3.05, 3.63) is 0 Å². The number of amidine groups is 1. The first-order valence-corrected chi connectivity index (χ1v) is 5.12. The minimum absolute atomic E-state index is 0.0356. The van der Waals surface area contributed by atoms with Crippen LogP contribution in [0, 0.1) is 0 Å². The predicted octanol–water partition coefficient (Wildman–Crippen LogP) is -0.432. The van der Waals surface area contributed by atoms with Gasteiger partial charge in [-0.05, 0) is 0 Å². The highest BCUT2D eigenvalue weighted by Gasteiger charge is 2.32. The molecule has 2 amide bonds. The molecule has 0 aliphatic carbocycles. The summed E-state index contributed by atoms with van der Waals surface area (Å²) < 4.78 is 0. The van der Waals surface area contributed by atoms with Crippen molar-refractivity contribution >= 4 is 28.9 Å². The highest BCUT2D eigenvalue weighted by Crippen LogP contribution is 2.21.